The Balaban J connectivity index is 1.15. The third-order valence-corrected chi connectivity index (χ3v) is 7.26. The van der Waals surface area contributed by atoms with Gasteiger partial charge in [-0.2, -0.15) is 5.10 Å². The molecule has 0 spiro atoms. The number of hydrogen-bond acceptors (Lipinski definition) is 5. The van der Waals surface area contributed by atoms with E-state index in [1.807, 2.05) is 23.0 Å². The number of hydrogen-bond donors (Lipinski definition) is 1. The van der Waals surface area contributed by atoms with Crippen LogP contribution >= 0.6 is 11.3 Å². The Kier molecular flexibility index (Phi) is 5.88. The first-order chi connectivity index (χ1) is 17.6. The third kappa shape index (κ3) is 4.43. The van der Waals surface area contributed by atoms with Crippen LogP contribution in [0.3, 0.4) is 0 Å². The van der Waals surface area contributed by atoms with Gasteiger partial charge in [-0.3, -0.25) is 5.10 Å². The molecule has 6 rings (SSSR count). The van der Waals surface area contributed by atoms with Crippen LogP contribution in [0.2, 0.25) is 0 Å². The molecule has 3 heterocycles. The minimum Gasteiger partial charge on any atom is -0.481 e. The van der Waals surface area contributed by atoms with Crippen LogP contribution in [0, 0.1) is 11.8 Å². The van der Waals surface area contributed by atoms with E-state index in [0.717, 1.165) is 34.0 Å². The molecule has 0 fully saturated rings. The van der Waals surface area contributed by atoms with Crippen molar-refractivity contribution in [2.75, 3.05) is 6.61 Å². The van der Waals surface area contributed by atoms with E-state index < -0.39 is 0 Å². The van der Waals surface area contributed by atoms with Crippen LogP contribution < -0.4 is 4.74 Å². The first kappa shape index (κ1) is 22.3. The lowest BCUT2D eigenvalue weighted by Crippen LogP contribution is -2.01. The fourth-order valence-corrected chi connectivity index (χ4v) is 5.29. The second-order valence-corrected chi connectivity index (χ2v) is 10.1. The van der Waals surface area contributed by atoms with Crippen LogP contribution in [0.5, 0.6) is 5.75 Å². The molecule has 0 aliphatic heterocycles. The second-order valence-electron chi connectivity index (χ2n) is 9.21. The number of nitrogens with one attached hydrogen (secondary N) is 1. The quantitative estimate of drug-likeness (QED) is 0.295. The van der Waals surface area contributed by atoms with Gasteiger partial charge >= 0.3 is 0 Å². The van der Waals surface area contributed by atoms with Gasteiger partial charge in [0.05, 0.1) is 29.0 Å². The summed E-state index contributed by atoms with van der Waals surface area (Å²) in [6.07, 6.45) is 4.45. The molecule has 0 saturated carbocycles. The highest BCUT2D eigenvalue weighted by molar-refractivity contribution is 7.11. The first-order valence-corrected chi connectivity index (χ1v) is 12.9. The van der Waals surface area contributed by atoms with Crippen molar-refractivity contribution in [1.29, 1.82) is 0 Å². The van der Waals surface area contributed by atoms with Gasteiger partial charge in [0.15, 0.2) is 0 Å². The number of aromatic nitrogens is 5. The van der Waals surface area contributed by atoms with Crippen molar-refractivity contribution < 1.29 is 4.74 Å². The van der Waals surface area contributed by atoms with Gasteiger partial charge in [-0.15, -0.1) is 16.4 Å². The van der Waals surface area contributed by atoms with Crippen LogP contribution in [0.4, 0.5) is 0 Å². The number of nitrogens with zero attached hydrogens (tertiary/aromatic N) is 4. The van der Waals surface area contributed by atoms with Crippen molar-refractivity contribution in [2.45, 2.75) is 32.7 Å². The average molecular weight is 492 g/mol. The highest BCUT2D eigenvalue weighted by Gasteiger charge is 2.25. The second kappa shape index (κ2) is 9.48. The summed E-state index contributed by atoms with van der Waals surface area (Å²) in [4.78, 5) is 1.01. The molecule has 1 aliphatic carbocycles. The van der Waals surface area contributed by atoms with E-state index in [1.165, 1.54) is 27.8 Å². The standard InChI is InChI=1S/C29H25N5OS/c1-19(2)21-5-3-6-24(14-21)35-12-4-7-25-15-23(18-36-25)28-27-16-22-9-8-20(17-34-11-10-30-33-34)13-26(22)29(27)32-31-28/h3,5-6,8-11,13-15,18-19H,12,16-17H2,1-2H3,(H,31,32). The van der Waals surface area contributed by atoms with Crippen molar-refractivity contribution in [3.63, 3.8) is 0 Å². The zero-order chi connectivity index (χ0) is 24.5. The molecule has 0 radical (unpaired) electrons. The van der Waals surface area contributed by atoms with Crippen molar-refractivity contribution >= 4 is 11.3 Å². The van der Waals surface area contributed by atoms with Gasteiger partial charge in [-0.05, 0) is 46.9 Å². The van der Waals surface area contributed by atoms with Crippen molar-refractivity contribution in [1.82, 2.24) is 25.2 Å². The maximum absolute atomic E-state index is 5.84. The number of thiophene rings is 1. The number of H-pyrrole nitrogens is 1. The number of ether oxygens (including phenoxy) is 1. The van der Waals surface area contributed by atoms with Crippen molar-refractivity contribution in [3.8, 4) is 40.1 Å². The minimum atomic E-state index is 0.360. The largest absolute Gasteiger partial charge is 0.481 e. The fraction of sp³-hybridized carbons (Fsp3) is 0.207. The summed E-state index contributed by atoms with van der Waals surface area (Å²) in [5, 5.41) is 18.0. The molecule has 7 heteroatoms. The maximum atomic E-state index is 5.84. The molecule has 0 amide bonds. The smallest absolute Gasteiger partial charge is 0.149 e. The van der Waals surface area contributed by atoms with E-state index in [1.54, 1.807) is 17.5 Å². The summed E-state index contributed by atoms with van der Waals surface area (Å²) in [6.45, 7) is 5.42. The molecule has 0 saturated heterocycles. The monoisotopic (exact) mass is 491 g/mol. The lowest BCUT2D eigenvalue weighted by Gasteiger charge is -2.07. The van der Waals surface area contributed by atoms with Crippen LogP contribution in [0.25, 0.3) is 22.5 Å². The Morgan fingerprint density at radius 2 is 2.11 bits per heavy atom. The molecule has 5 aromatic rings. The molecule has 3 aromatic heterocycles. The van der Waals surface area contributed by atoms with E-state index in [4.69, 9.17) is 4.74 Å². The Labute approximate surface area is 214 Å². The summed E-state index contributed by atoms with van der Waals surface area (Å²) in [5.74, 6) is 7.72. The molecular weight excluding hydrogens is 466 g/mol. The highest BCUT2D eigenvalue weighted by Crippen LogP contribution is 2.41. The summed E-state index contributed by atoms with van der Waals surface area (Å²) in [5.41, 5.74) is 9.45. The molecule has 1 N–H and O–H groups in total. The number of benzene rings is 2. The van der Waals surface area contributed by atoms with E-state index in [2.05, 4.69) is 88.0 Å². The van der Waals surface area contributed by atoms with E-state index in [0.29, 0.717) is 19.1 Å². The highest BCUT2D eigenvalue weighted by atomic mass is 32.1. The Morgan fingerprint density at radius 3 is 2.97 bits per heavy atom. The van der Waals surface area contributed by atoms with E-state index in [9.17, 15) is 0 Å². The predicted octanol–water partition coefficient (Wildman–Crippen LogP) is 5.90. The van der Waals surface area contributed by atoms with Crippen molar-refractivity contribution in [3.05, 3.63) is 93.4 Å². The first-order valence-electron chi connectivity index (χ1n) is 12.0. The van der Waals surface area contributed by atoms with Gasteiger partial charge in [-0.1, -0.05) is 55.2 Å². The maximum Gasteiger partial charge on any atom is 0.149 e. The zero-order valence-corrected chi connectivity index (χ0v) is 21.0. The normalized spacial score (nSPS) is 11.8. The fourth-order valence-electron chi connectivity index (χ4n) is 4.53. The van der Waals surface area contributed by atoms with Gasteiger partial charge < -0.3 is 4.74 Å². The molecule has 1 aliphatic rings. The Bertz CT molecular complexity index is 1580. The molecule has 0 unspecified atom stereocenters. The zero-order valence-electron chi connectivity index (χ0n) is 20.2. The van der Waals surface area contributed by atoms with Crippen LogP contribution in [-0.4, -0.2) is 31.8 Å². The number of aromatic amines is 1. The summed E-state index contributed by atoms with van der Waals surface area (Å²) < 4.78 is 7.67. The van der Waals surface area contributed by atoms with E-state index in [-0.39, 0.29) is 0 Å². The van der Waals surface area contributed by atoms with Crippen molar-refractivity contribution in [2.24, 2.45) is 0 Å². The van der Waals surface area contributed by atoms with Gasteiger partial charge in [0.1, 0.15) is 12.4 Å². The molecule has 0 bridgehead atoms. The van der Waals surface area contributed by atoms with Gasteiger partial charge in [0.2, 0.25) is 0 Å². The number of rotatable bonds is 6. The lowest BCUT2D eigenvalue weighted by molar-refractivity contribution is 0.369. The van der Waals surface area contributed by atoms with Gasteiger partial charge in [0, 0.05) is 34.7 Å². The van der Waals surface area contributed by atoms with Crippen LogP contribution in [0.1, 0.15) is 46.9 Å². The molecule has 178 valence electrons. The molecule has 6 nitrogen and oxygen atoms in total. The van der Waals surface area contributed by atoms with Gasteiger partial charge in [0.25, 0.3) is 0 Å². The minimum absolute atomic E-state index is 0.360. The average Bonchev–Trinajstić information content (AvgIpc) is 3.67. The summed E-state index contributed by atoms with van der Waals surface area (Å²) in [7, 11) is 0. The van der Waals surface area contributed by atoms with E-state index >= 15 is 0 Å². The topological polar surface area (TPSA) is 68.6 Å². The predicted molar refractivity (Wildman–Crippen MR) is 142 cm³/mol. The third-order valence-electron chi connectivity index (χ3n) is 6.41. The molecule has 36 heavy (non-hydrogen) atoms. The van der Waals surface area contributed by atoms with Gasteiger partial charge in [-0.25, -0.2) is 4.68 Å². The molecule has 0 atom stereocenters. The number of fused-ring (bicyclic) bond motifs is 3. The SMILES string of the molecule is CC(C)c1cccc(OCC#Cc2cc(-c3n[nH]c4c3Cc3ccc(Cn5ccnn5)cc3-4)cs2)c1. The van der Waals surface area contributed by atoms with Crippen LogP contribution in [-0.2, 0) is 13.0 Å². The van der Waals surface area contributed by atoms with Crippen LogP contribution in [0.15, 0.2) is 66.3 Å². The molecule has 2 aromatic carbocycles. The molecular formula is C29H25N5OS. The Morgan fingerprint density at radius 1 is 1.17 bits per heavy atom. The summed E-state index contributed by atoms with van der Waals surface area (Å²) >= 11 is 1.64. The Hall–Kier alpha value is -4.15. The summed E-state index contributed by atoms with van der Waals surface area (Å²) in [6, 6.07) is 16.9. The lowest BCUT2D eigenvalue weighted by atomic mass is 10.0.